The van der Waals surface area contributed by atoms with Gasteiger partial charge in [-0.25, -0.2) is 0 Å². The minimum atomic E-state index is -2.68. The second-order valence-corrected chi connectivity index (χ2v) is 47.1. The molecule has 0 unspecified atom stereocenters. The molecule has 0 amide bonds. The number of hydrogen-bond donors (Lipinski definition) is 0. The van der Waals surface area contributed by atoms with Crippen molar-refractivity contribution < 1.29 is 41.4 Å². The van der Waals surface area contributed by atoms with Crippen molar-refractivity contribution in [3.8, 4) is 0 Å². The molecule has 3 aromatic rings. The van der Waals surface area contributed by atoms with Crippen LogP contribution < -0.4 is 10.4 Å². The minimum Gasteiger partial charge on any atom is -0.492 e. The standard InChI is InChI=1S/C70H116O9Si4/c1-18-81(19-2,20-3)77-63-52-70(15)65(50-54(7)59(76-70)44-34-49-72-83(68(11,12)13,57-39-29-25-30-40-57)58-41-31-26-32-42-58)75-62(66(63)78-82(21-4,22-5)23-6)51-56-38-33-43-60-61(73-56)46-47-69(14,79-80(16,17)67(8,9)10)64(74-60)45-35-48-71-53-55-36-27-24-28-37-55/h24-32,36-42,54,59-66H,18-23,33-35,43-53H2,1-17H3/t54-,59-,60-,61+,62+,63-,64+,65-,66+,69-,70+/m0/s1. The molecule has 0 radical (unpaired) electrons. The summed E-state index contributed by atoms with van der Waals surface area (Å²) in [5.41, 5.74) is 0.149. The van der Waals surface area contributed by atoms with E-state index in [1.54, 1.807) is 0 Å². The van der Waals surface area contributed by atoms with Crippen LogP contribution >= 0.6 is 0 Å². The fraction of sp³-hybridized carbons (Fsp3) is 0.714. The van der Waals surface area contributed by atoms with Crippen LogP contribution in [0, 0.1) is 5.92 Å². The SMILES string of the molecule is CC[Si](CC)(CC)O[C@H]1[C@@H](O[Si](CC)(CC)CC)C[C@@]2(C)O[C@@H](CCCO[Si](c3ccccc3)(c3ccccc3)C(C)(C)C)[C@@H](C)C[C@@H]2O[C@@H]1CC1=CCC[C@@H]2O[C@H](CCCOCc3ccccc3)[C@@](C)(O[Si](C)(C)C(C)(C)C)CC[C@H]2O1. The van der Waals surface area contributed by atoms with Crippen molar-refractivity contribution in [3.05, 3.63) is 108 Å². The highest BCUT2D eigenvalue weighted by atomic mass is 28.4. The first-order chi connectivity index (χ1) is 39.4. The van der Waals surface area contributed by atoms with Gasteiger partial charge < -0.3 is 41.4 Å². The summed E-state index contributed by atoms with van der Waals surface area (Å²) in [5.74, 6) is 1.29. The van der Waals surface area contributed by atoms with Gasteiger partial charge >= 0.3 is 0 Å². The van der Waals surface area contributed by atoms with Gasteiger partial charge in [-0.1, -0.05) is 181 Å². The van der Waals surface area contributed by atoms with Crippen molar-refractivity contribution in [1.29, 1.82) is 0 Å². The molecule has 3 saturated heterocycles. The van der Waals surface area contributed by atoms with Crippen LogP contribution in [-0.2, 0) is 48.0 Å². The Morgan fingerprint density at radius 1 is 0.639 bits per heavy atom. The summed E-state index contributed by atoms with van der Waals surface area (Å²) in [5, 5.41) is 2.61. The Bertz CT molecular complexity index is 2370. The van der Waals surface area contributed by atoms with E-state index in [9.17, 15) is 0 Å². The number of rotatable bonds is 27. The number of fused-ring (bicyclic) bond motifs is 2. The first kappa shape index (κ1) is 68.2. The molecule has 4 heterocycles. The summed E-state index contributed by atoms with van der Waals surface area (Å²) in [7, 11) is -9.27. The predicted octanol–water partition coefficient (Wildman–Crippen LogP) is 17.2. The van der Waals surface area contributed by atoms with E-state index in [-0.39, 0.29) is 64.8 Å². The van der Waals surface area contributed by atoms with Gasteiger partial charge in [0.2, 0.25) is 0 Å². The average Bonchev–Trinajstić information content (AvgIpc) is 3.97. The monoisotopic (exact) mass is 1210 g/mol. The van der Waals surface area contributed by atoms with Crippen LogP contribution in [0.15, 0.2) is 103 Å². The van der Waals surface area contributed by atoms with Crippen molar-refractivity contribution in [1.82, 2.24) is 0 Å². The van der Waals surface area contributed by atoms with Gasteiger partial charge in [0, 0.05) is 26.1 Å². The maximum absolute atomic E-state index is 7.93. The average molecular weight is 1210 g/mol. The number of ether oxygens (including phenoxy) is 5. The summed E-state index contributed by atoms with van der Waals surface area (Å²) < 4.78 is 67.5. The van der Waals surface area contributed by atoms with Gasteiger partial charge in [-0.15, -0.1) is 0 Å². The molecular weight excluding hydrogens is 1100 g/mol. The fourth-order valence-electron chi connectivity index (χ4n) is 14.3. The van der Waals surface area contributed by atoms with E-state index in [0.717, 1.165) is 106 Å². The van der Waals surface area contributed by atoms with Gasteiger partial charge in [-0.3, -0.25) is 0 Å². The molecule has 9 nitrogen and oxygen atoms in total. The van der Waals surface area contributed by atoms with Gasteiger partial charge in [0.05, 0.1) is 66.3 Å². The molecule has 11 atom stereocenters. The van der Waals surface area contributed by atoms with Gasteiger partial charge in [-0.2, -0.15) is 0 Å². The third-order valence-electron chi connectivity index (χ3n) is 21.1. The summed E-state index contributed by atoms with van der Waals surface area (Å²) in [6, 6.07) is 38.9. The van der Waals surface area contributed by atoms with E-state index in [2.05, 4.69) is 214 Å². The Kier molecular flexibility index (Phi) is 24.2. The van der Waals surface area contributed by atoms with E-state index >= 15 is 0 Å². The first-order valence-electron chi connectivity index (χ1n) is 33.1. The molecule has 0 N–H and O–H groups in total. The molecule has 83 heavy (non-hydrogen) atoms. The lowest BCUT2D eigenvalue weighted by molar-refractivity contribution is -0.225. The van der Waals surface area contributed by atoms with E-state index < -0.39 is 44.5 Å². The van der Waals surface area contributed by atoms with Crippen molar-refractivity contribution >= 4 is 43.6 Å². The second kappa shape index (κ2) is 29.4. The molecule has 3 fully saturated rings. The molecule has 0 saturated carbocycles. The smallest absolute Gasteiger partial charge is 0.261 e. The topological polar surface area (TPSA) is 83.1 Å². The Morgan fingerprint density at radius 2 is 1.20 bits per heavy atom. The lowest BCUT2D eigenvalue weighted by Crippen LogP contribution is -2.66. The molecule has 0 bridgehead atoms. The second-order valence-electron chi connectivity index (χ2n) is 28.6. The Hall–Kier alpha value is -2.25. The van der Waals surface area contributed by atoms with Crippen LogP contribution in [0.2, 0.25) is 59.4 Å². The zero-order valence-corrected chi connectivity index (χ0v) is 59.3. The molecule has 0 aliphatic carbocycles. The normalized spacial score (nSPS) is 28.7. The molecule has 0 aromatic heterocycles. The maximum Gasteiger partial charge on any atom is 0.261 e. The predicted molar refractivity (Wildman–Crippen MR) is 354 cm³/mol. The molecule has 13 heteroatoms. The van der Waals surface area contributed by atoms with Crippen LogP contribution in [0.4, 0.5) is 0 Å². The van der Waals surface area contributed by atoms with Crippen LogP contribution in [0.5, 0.6) is 0 Å². The van der Waals surface area contributed by atoms with Crippen LogP contribution in [0.3, 0.4) is 0 Å². The van der Waals surface area contributed by atoms with Gasteiger partial charge in [0.15, 0.2) is 25.0 Å². The first-order valence-corrected chi connectivity index (χ1v) is 43.0. The summed E-state index contributed by atoms with van der Waals surface area (Å²) >= 11 is 0. The molecule has 0 spiro atoms. The maximum atomic E-state index is 7.93. The van der Waals surface area contributed by atoms with E-state index in [1.807, 2.05) is 0 Å². The minimum absolute atomic E-state index is 0.0529. The number of benzene rings is 3. The van der Waals surface area contributed by atoms with Crippen LogP contribution in [0.1, 0.15) is 180 Å². The fourth-order valence-corrected chi connectivity index (χ4v) is 26.3. The number of hydrogen-bond acceptors (Lipinski definition) is 9. The third kappa shape index (κ3) is 16.3. The largest absolute Gasteiger partial charge is 0.492 e. The van der Waals surface area contributed by atoms with E-state index in [1.165, 1.54) is 15.9 Å². The molecule has 466 valence electrons. The van der Waals surface area contributed by atoms with Gasteiger partial charge in [-0.05, 0) is 159 Å². The van der Waals surface area contributed by atoms with E-state index in [4.69, 9.17) is 41.4 Å². The van der Waals surface area contributed by atoms with Gasteiger partial charge in [0.25, 0.3) is 8.32 Å². The summed E-state index contributed by atoms with van der Waals surface area (Å²) in [6.07, 6.45) is 10.7. The molecule has 4 aliphatic heterocycles. The zero-order valence-electron chi connectivity index (χ0n) is 55.3. The summed E-state index contributed by atoms with van der Waals surface area (Å²) in [6.45, 7) is 42.1. The lowest BCUT2D eigenvalue weighted by Gasteiger charge is -2.48. The van der Waals surface area contributed by atoms with Crippen molar-refractivity contribution in [2.75, 3.05) is 13.2 Å². The highest BCUT2D eigenvalue weighted by Crippen LogP contribution is 2.49. The summed E-state index contributed by atoms with van der Waals surface area (Å²) in [4.78, 5) is 0. The highest BCUT2D eigenvalue weighted by molar-refractivity contribution is 6.99. The number of allylic oxidation sites excluding steroid dienone is 1. The quantitative estimate of drug-likeness (QED) is 0.0547. The van der Waals surface area contributed by atoms with E-state index in [0.29, 0.717) is 26.2 Å². The van der Waals surface area contributed by atoms with Crippen molar-refractivity contribution in [2.24, 2.45) is 5.92 Å². The Morgan fingerprint density at radius 3 is 1.77 bits per heavy atom. The van der Waals surface area contributed by atoms with Gasteiger partial charge in [0.1, 0.15) is 6.10 Å². The van der Waals surface area contributed by atoms with Crippen LogP contribution in [-0.4, -0.2) is 107 Å². The molecular formula is C70H116O9Si4. The van der Waals surface area contributed by atoms with Crippen molar-refractivity contribution in [3.63, 3.8) is 0 Å². The Balaban J connectivity index is 1.16. The molecule has 3 aromatic carbocycles. The van der Waals surface area contributed by atoms with Crippen molar-refractivity contribution in [2.45, 2.75) is 301 Å². The zero-order chi connectivity index (χ0) is 60.3. The van der Waals surface area contributed by atoms with Crippen LogP contribution in [0.25, 0.3) is 0 Å². The third-order valence-corrected chi connectivity index (χ3v) is 40.0. The Labute approximate surface area is 510 Å². The lowest BCUT2D eigenvalue weighted by atomic mass is 9.80. The highest BCUT2D eigenvalue weighted by Gasteiger charge is 2.57. The molecule has 7 rings (SSSR count). The molecule has 4 aliphatic rings.